The van der Waals surface area contributed by atoms with Gasteiger partial charge in [0, 0.05) is 10.0 Å². The Morgan fingerprint density at radius 1 is 1.00 bits per heavy atom. The molecule has 2 aromatic carbocycles. The molecule has 0 atom stereocenters. The lowest BCUT2D eigenvalue weighted by Crippen LogP contribution is -1.91. The molecule has 18 heavy (non-hydrogen) atoms. The van der Waals surface area contributed by atoms with Crippen LogP contribution in [0.25, 0.3) is 0 Å². The number of nitrogens with one attached hydrogen (secondary N) is 1. The van der Waals surface area contributed by atoms with Gasteiger partial charge in [-0.3, -0.25) is 5.43 Å². The summed E-state index contributed by atoms with van der Waals surface area (Å²) in [4.78, 5) is 0. The van der Waals surface area contributed by atoms with Crippen LogP contribution in [0.1, 0.15) is 5.56 Å². The van der Waals surface area contributed by atoms with Gasteiger partial charge in [-0.2, -0.15) is 5.10 Å². The number of nitrogens with zero attached hydrogens (tertiary/aromatic N) is 1. The van der Waals surface area contributed by atoms with Crippen molar-refractivity contribution in [2.45, 2.75) is 0 Å². The molecule has 0 spiro atoms. The van der Waals surface area contributed by atoms with Crippen LogP contribution in [0.4, 0.5) is 5.69 Å². The minimum absolute atomic E-state index is 0.573. The molecule has 0 radical (unpaired) electrons. The molecule has 0 bridgehead atoms. The summed E-state index contributed by atoms with van der Waals surface area (Å²) < 4.78 is 1.02. The van der Waals surface area contributed by atoms with Crippen LogP contribution in [0.5, 0.6) is 0 Å². The number of hydrogen-bond acceptors (Lipinski definition) is 2. The minimum atomic E-state index is 0.573. The molecular weight excluding hydrogens is 335 g/mol. The Hall–Kier alpha value is -1.03. The second-order valence-electron chi connectivity index (χ2n) is 3.51. The van der Waals surface area contributed by atoms with E-state index < -0.39 is 0 Å². The summed E-state index contributed by atoms with van der Waals surface area (Å²) in [5.41, 5.74) is 4.49. The zero-order chi connectivity index (χ0) is 13.0. The number of hydrazone groups is 1. The number of halogens is 3. The Morgan fingerprint density at radius 2 is 1.61 bits per heavy atom. The van der Waals surface area contributed by atoms with E-state index in [2.05, 4.69) is 26.5 Å². The lowest BCUT2D eigenvalue weighted by atomic mass is 10.2. The molecule has 1 N–H and O–H groups in total. The van der Waals surface area contributed by atoms with Crippen molar-refractivity contribution in [1.82, 2.24) is 0 Å². The van der Waals surface area contributed by atoms with Crippen molar-refractivity contribution in [2.75, 3.05) is 5.43 Å². The molecule has 0 aromatic heterocycles. The molecule has 0 aliphatic heterocycles. The van der Waals surface area contributed by atoms with E-state index >= 15 is 0 Å². The molecule has 0 saturated heterocycles. The van der Waals surface area contributed by atoms with Crippen LogP contribution in [-0.2, 0) is 0 Å². The van der Waals surface area contributed by atoms with Crippen molar-refractivity contribution in [3.05, 3.63) is 62.5 Å². The second-order valence-corrected chi connectivity index (χ2v) is 5.24. The summed E-state index contributed by atoms with van der Waals surface area (Å²) in [7, 11) is 0. The minimum Gasteiger partial charge on any atom is -0.279 e. The van der Waals surface area contributed by atoms with E-state index in [0.29, 0.717) is 15.6 Å². The Morgan fingerprint density at radius 3 is 2.22 bits per heavy atom. The van der Waals surface area contributed by atoms with Crippen LogP contribution >= 0.6 is 39.1 Å². The second kappa shape index (κ2) is 6.23. The average Bonchev–Trinajstić information content (AvgIpc) is 2.35. The maximum Gasteiger partial charge on any atom is 0.0574 e. The number of rotatable bonds is 3. The van der Waals surface area contributed by atoms with E-state index in [1.807, 2.05) is 24.3 Å². The molecule has 5 heteroatoms. The highest BCUT2D eigenvalue weighted by atomic mass is 79.9. The van der Waals surface area contributed by atoms with Gasteiger partial charge in [0.05, 0.1) is 21.9 Å². The van der Waals surface area contributed by atoms with E-state index in [1.165, 1.54) is 0 Å². The molecular formula is C13H9BrCl2N2. The van der Waals surface area contributed by atoms with Crippen LogP contribution in [-0.4, -0.2) is 6.21 Å². The third-order valence-electron chi connectivity index (χ3n) is 2.23. The fourth-order valence-corrected chi connectivity index (χ4v) is 2.09. The van der Waals surface area contributed by atoms with Gasteiger partial charge >= 0.3 is 0 Å². The number of benzene rings is 2. The number of hydrogen-bond donors (Lipinski definition) is 1. The Balaban J connectivity index is 2.10. The van der Waals surface area contributed by atoms with Crippen molar-refractivity contribution in [3.63, 3.8) is 0 Å². The van der Waals surface area contributed by atoms with Gasteiger partial charge in [0.2, 0.25) is 0 Å². The summed E-state index contributed by atoms with van der Waals surface area (Å²) in [6, 6.07) is 13.0. The number of anilines is 1. The average molecular weight is 344 g/mol. The largest absolute Gasteiger partial charge is 0.279 e. The molecule has 92 valence electrons. The topological polar surface area (TPSA) is 24.4 Å². The summed E-state index contributed by atoms with van der Waals surface area (Å²) in [6.45, 7) is 0. The van der Waals surface area contributed by atoms with E-state index in [4.69, 9.17) is 23.2 Å². The van der Waals surface area contributed by atoms with Crippen LogP contribution < -0.4 is 5.43 Å². The maximum atomic E-state index is 6.02. The first kappa shape index (κ1) is 13.4. The van der Waals surface area contributed by atoms with Gasteiger partial charge in [-0.05, 0) is 36.4 Å². The van der Waals surface area contributed by atoms with Gasteiger partial charge in [0.25, 0.3) is 0 Å². The molecule has 2 nitrogen and oxygen atoms in total. The van der Waals surface area contributed by atoms with Gasteiger partial charge in [0.1, 0.15) is 0 Å². The van der Waals surface area contributed by atoms with E-state index in [-0.39, 0.29) is 0 Å². The highest BCUT2D eigenvalue weighted by Crippen LogP contribution is 2.22. The third kappa shape index (κ3) is 3.48. The smallest absolute Gasteiger partial charge is 0.0574 e. The molecule has 0 fully saturated rings. The first-order valence-electron chi connectivity index (χ1n) is 5.15. The molecule has 0 unspecified atom stereocenters. The molecule has 0 aliphatic rings. The van der Waals surface area contributed by atoms with E-state index in [1.54, 1.807) is 24.4 Å². The summed E-state index contributed by atoms with van der Waals surface area (Å²) >= 11 is 15.4. The highest BCUT2D eigenvalue weighted by molar-refractivity contribution is 9.10. The van der Waals surface area contributed by atoms with Crippen LogP contribution in [0.3, 0.4) is 0 Å². The fraction of sp³-hybridized carbons (Fsp3) is 0. The lowest BCUT2D eigenvalue weighted by Gasteiger charge is -2.02. The summed E-state index contributed by atoms with van der Waals surface area (Å²) in [5.74, 6) is 0. The zero-order valence-corrected chi connectivity index (χ0v) is 12.3. The molecule has 0 heterocycles. The molecule has 2 rings (SSSR count). The monoisotopic (exact) mass is 342 g/mol. The first-order valence-corrected chi connectivity index (χ1v) is 6.70. The van der Waals surface area contributed by atoms with Crippen LogP contribution in [0.15, 0.2) is 52.0 Å². The predicted molar refractivity (Wildman–Crippen MR) is 81.8 cm³/mol. The van der Waals surface area contributed by atoms with Gasteiger partial charge in [0.15, 0.2) is 0 Å². The quantitative estimate of drug-likeness (QED) is 0.601. The summed E-state index contributed by atoms with van der Waals surface area (Å²) in [5, 5.41) is 5.25. The Bertz CT molecular complexity index is 547. The standard InChI is InChI=1S/C13H9BrCl2N2/c14-9-4-6-10(7-5-9)18-17-8-11-12(15)2-1-3-13(11)16/h1-8,18H/b17-8+. The molecule has 0 amide bonds. The third-order valence-corrected chi connectivity index (χ3v) is 3.42. The van der Waals surface area contributed by atoms with Gasteiger partial charge in [-0.15, -0.1) is 0 Å². The zero-order valence-electron chi connectivity index (χ0n) is 9.20. The normalized spacial score (nSPS) is 10.8. The van der Waals surface area contributed by atoms with Gasteiger partial charge in [-0.25, -0.2) is 0 Å². The predicted octanol–water partition coefficient (Wildman–Crippen LogP) is 5.20. The van der Waals surface area contributed by atoms with Crippen LogP contribution in [0.2, 0.25) is 10.0 Å². The fourth-order valence-electron chi connectivity index (χ4n) is 1.33. The maximum absolute atomic E-state index is 6.02. The Kier molecular flexibility index (Phi) is 4.64. The van der Waals surface area contributed by atoms with Crippen molar-refractivity contribution < 1.29 is 0 Å². The Labute approximate surface area is 124 Å². The van der Waals surface area contributed by atoms with E-state index in [9.17, 15) is 0 Å². The molecule has 0 saturated carbocycles. The SMILES string of the molecule is Clc1cccc(Cl)c1/C=N/Nc1ccc(Br)cc1. The molecule has 0 aliphatic carbocycles. The van der Waals surface area contributed by atoms with Crippen molar-refractivity contribution in [3.8, 4) is 0 Å². The van der Waals surface area contributed by atoms with Crippen molar-refractivity contribution >= 4 is 51.0 Å². The van der Waals surface area contributed by atoms with Crippen LogP contribution in [0, 0.1) is 0 Å². The highest BCUT2D eigenvalue weighted by Gasteiger charge is 2.01. The van der Waals surface area contributed by atoms with Crippen molar-refractivity contribution in [1.29, 1.82) is 0 Å². The van der Waals surface area contributed by atoms with E-state index in [0.717, 1.165) is 10.2 Å². The van der Waals surface area contributed by atoms with Gasteiger partial charge in [-0.1, -0.05) is 45.2 Å². The van der Waals surface area contributed by atoms with Gasteiger partial charge < -0.3 is 0 Å². The molecule has 2 aromatic rings. The first-order chi connectivity index (χ1) is 8.66. The lowest BCUT2D eigenvalue weighted by molar-refractivity contribution is 1.35. The summed E-state index contributed by atoms with van der Waals surface area (Å²) in [6.07, 6.45) is 1.60. The van der Waals surface area contributed by atoms with Crippen molar-refractivity contribution in [2.24, 2.45) is 5.10 Å².